The van der Waals surface area contributed by atoms with Gasteiger partial charge in [-0.15, -0.1) is 0 Å². The molecule has 1 aromatic rings. The first-order chi connectivity index (χ1) is 8.90. The molecule has 2 heterocycles. The Morgan fingerprint density at radius 1 is 1.32 bits per heavy atom. The molecule has 0 amide bonds. The quantitative estimate of drug-likeness (QED) is 0.672. The number of hydrogen-bond donors (Lipinski definition) is 3. The van der Waals surface area contributed by atoms with Gasteiger partial charge in [0.05, 0.1) is 0 Å². The van der Waals surface area contributed by atoms with E-state index in [0.29, 0.717) is 24.7 Å². The van der Waals surface area contributed by atoms with E-state index >= 15 is 0 Å². The van der Waals surface area contributed by atoms with E-state index in [9.17, 15) is 4.79 Å². The van der Waals surface area contributed by atoms with Gasteiger partial charge in [-0.25, -0.2) is 9.59 Å². The topological polar surface area (TPSA) is 104 Å². The van der Waals surface area contributed by atoms with Crippen LogP contribution in [-0.2, 0) is 14.4 Å². The number of Topliss-reactive ketones (excluding diaryl/α,β-unsaturated/α-hetero) is 1. The zero-order valence-corrected chi connectivity index (χ0v) is 11.1. The van der Waals surface area contributed by atoms with Gasteiger partial charge in [-0.2, -0.15) is 11.3 Å². The summed E-state index contributed by atoms with van der Waals surface area (Å²) in [5.74, 6) is -3.27. The van der Waals surface area contributed by atoms with Crippen molar-refractivity contribution in [3.63, 3.8) is 0 Å². The number of thiophene rings is 1. The fraction of sp³-hybridized carbons (Fsp3) is 0.417. The lowest BCUT2D eigenvalue weighted by Gasteiger charge is -2.27. The van der Waals surface area contributed by atoms with Crippen LogP contribution in [0.15, 0.2) is 16.8 Å². The smallest absolute Gasteiger partial charge is 0.414 e. The van der Waals surface area contributed by atoms with Crippen molar-refractivity contribution in [3.8, 4) is 0 Å². The molecule has 6 nitrogen and oxygen atoms in total. The molecule has 2 rings (SSSR count). The predicted molar refractivity (Wildman–Crippen MR) is 69.2 cm³/mol. The van der Waals surface area contributed by atoms with Gasteiger partial charge in [0.2, 0.25) is 0 Å². The Bertz CT molecular complexity index is 445. The minimum atomic E-state index is -1.82. The second-order valence-corrected chi connectivity index (χ2v) is 5.01. The van der Waals surface area contributed by atoms with Crippen LogP contribution in [0.4, 0.5) is 0 Å². The SMILES string of the molecule is C[C@@H]1CC(=O)C[C@H](c2ccsc2)N1.O=C(O)C(=O)O. The first-order valence-electron chi connectivity index (χ1n) is 5.66. The maximum absolute atomic E-state index is 11.3. The van der Waals surface area contributed by atoms with E-state index in [1.807, 2.05) is 0 Å². The van der Waals surface area contributed by atoms with Gasteiger partial charge in [0.25, 0.3) is 0 Å². The Kier molecular flexibility index (Phi) is 5.65. The fourth-order valence-corrected chi connectivity index (χ4v) is 2.52. The Hall–Kier alpha value is -1.73. The molecule has 0 aliphatic carbocycles. The lowest BCUT2D eigenvalue weighted by atomic mass is 9.95. The van der Waals surface area contributed by atoms with Crippen LogP contribution in [0.3, 0.4) is 0 Å². The molecule has 0 spiro atoms. The molecule has 0 radical (unpaired) electrons. The molecular weight excluding hydrogens is 270 g/mol. The van der Waals surface area contributed by atoms with E-state index in [-0.39, 0.29) is 6.04 Å². The van der Waals surface area contributed by atoms with Crippen LogP contribution < -0.4 is 5.32 Å². The van der Waals surface area contributed by atoms with Crippen molar-refractivity contribution < 1.29 is 24.6 Å². The Morgan fingerprint density at radius 3 is 2.37 bits per heavy atom. The Morgan fingerprint density at radius 2 is 1.95 bits per heavy atom. The first kappa shape index (κ1) is 15.3. The van der Waals surface area contributed by atoms with Crippen molar-refractivity contribution in [2.75, 3.05) is 0 Å². The number of rotatable bonds is 1. The number of hydrogen-bond acceptors (Lipinski definition) is 5. The van der Waals surface area contributed by atoms with E-state index in [0.717, 1.165) is 0 Å². The molecule has 1 fully saturated rings. The molecular formula is C12H15NO5S. The number of carbonyl (C=O) groups is 3. The molecule has 7 heteroatoms. The monoisotopic (exact) mass is 285 g/mol. The lowest BCUT2D eigenvalue weighted by molar-refractivity contribution is -0.159. The molecule has 0 aromatic carbocycles. The number of carbonyl (C=O) groups excluding carboxylic acids is 1. The van der Waals surface area contributed by atoms with Crippen molar-refractivity contribution in [3.05, 3.63) is 22.4 Å². The van der Waals surface area contributed by atoms with Crippen LogP contribution in [0.25, 0.3) is 0 Å². The highest BCUT2D eigenvalue weighted by atomic mass is 32.1. The van der Waals surface area contributed by atoms with Gasteiger partial charge >= 0.3 is 11.9 Å². The summed E-state index contributed by atoms with van der Waals surface area (Å²) >= 11 is 1.68. The van der Waals surface area contributed by atoms with E-state index in [2.05, 4.69) is 29.1 Å². The van der Waals surface area contributed by atoms with Gasteiger partial charge in [0, 0.05) is 24.9 Å². The third-order valence-electron chi connectivity index (χ3n) is 2.58. The molecule has 3 N–H and O–H groups in total. The third-order valence-corrected chi connectivity index (χ3v) is 3.28. The summed E-state index contributed by atoms with van der Waals surface area (Å²) in [6.45, 7) is 2.07. The molecule has 19 heavy (non-hydrogen) atoms. The maximum atomic E-state index is 11.3. The summed E-state index contributed by atoms with van der Waals surface area (Å²) in [5.41, 5.74) is 1.25. The van der Waals surface area contributed by atoms with Crippen LogP contribution in [0.5, 0.6) is 0 Å². The number of nitrogens with one attached hydrogen (secondary N) is 1. The van der Waals surface area contributed by atoms with E-state index in [4.69, 9.17) is 19.8 Å². The number of carboxylic acid groups (broad SMARTS) is 2. The summed E-state index contributed by atoms with van der Waals surface area (Å²) in [6.07, 6.45) is 1.34. The summed E-state index contributed by atoms with van der Waals surface area (Å²) in [4.78, 5) is 29.5. The predicted octanol–water partition coefficient (Wildman–Crippen LogP) is 1.29. The normalized spacial score (nSPS) is 22.3. The molecule has 1 aromatic heterocycles. The van der Waals surface area contributed by atoms with E-state index in [1.165, 1.54) is 5.56 Å². The summed E-state index contributed by atoms with van der Waals surface area (Å²) in [5, 5.41) is 22.4. The van der Waals surface area contributed by atoms with Gasteiger partial charge in [-0.05, 0) is 29.3 Å². The summed E-state index contributed by atoms with van der Waals surface area (Å²) in [6, 6.07) is 2.67. The van der Waals surface area contributed by atoms with Gasteiger partial charge in [0.1, 0.15) is 5.78 Å². The maximum Gasteiger partial charge on any atom is 0.414 e. The number of carboxylic acids is 2. The van der Waals surface area contributed by atoms with Gasteiger partial charge in [0.15, 0.2) is 0 Å². The van der Waals surface area contributed by atoms with E-state index < -0.39 is 11.9 Å². The first-order valence-corrected chi connectivity index (χ1v) is 6.60. The van der Waals surface area contributed by atoms with Crippen molar-refractivity contribution in [2.24, 2.45) is 0 Å². The fourth-order valence-electron chi connectivity index (χ4n) is 1.80. The van der Waals surface area contributed by atoms with Crippen molar-refractivity contribution in [2.45, 2.75) is 31.8 Å². The van der Waals surface area contributed by atoms with Gasteiger partial charge in [-0.1, -0.05) is 0 Å². The van der Waals surface area contributed by atoms with E-state index in [1.54, 1.807) is 11.3 Å². The average Bonchev–Trinajstić information content (AvgIpc) is 2.81. The third kappa shape index (κ3) is 5.19. The minimum absolute atomic E-state index is 0.252. The zero-order chi connectivity index (χ0) is 14.4. The molecule has 0 unspecified atom stereocenters. The molecule has 1 aliphatic rings. The highest BCUT2D eigenvalue weighted by Gasteiger charge is 2.24. The van der Waals surface area contributed by atoms with Gasteiger partial charge < -0.3 is 15.5 Å². The van der Waals surface area contributed by atoms with Crippen LogP contribution in [0.1, 0.15) is 31.4 Å². The van der Waals surface area contributed by atoms with Crippen LogP contribution in [-0.4, -0.2) is 34.0 Å². The number of piperidine rings is 1. The summed E-state index contributed by atoms with van der Waals surface area (Å²) < 4.78 is 0. The largest absolute Gasteiger partial charge is 0.473 e. The van der Waals surface area contributed by atoms with Gasteiger partial charge in [-0.3, -0.25) is 4.79 Å². The van der Waals surface area contributed by atoms with Crippen molar-refractivity contribution in [1.82, 2.24) is 5.32 Å². The van der Waals surface area contributed by atoms with Crippen molar-refractivity contribution >= 4 is 29.1 Å². The average molecular weight is 285 g/mol. The summed E-state index contributed by atoms with van der Waals surface area (Å²) in [7, 11) is 0. The molecule has 2 atom stereocenters. The minimum Gasteiger partial charge on any atom is -0.473 e. The number of ketones is 1. The molecule has 1 saturated heterocycles. The number of aliphatic carboxylic acids is 2. The lowest BCUT2D eigenvalue weighted by Crippen LogP contribution is -2.38. The van der Waals surface area contributed by atoms with Crippen LogP contribution in [0, 0.1) is 0 Å². The second kappa shape index (κ2) is 7.01. The zero-order valence-electron chi connectivity index (χ0n) is 10.3. The van der Waals surface area contributed by atoms with Crippen LogP contribution in [0.2, 0.25) is 0 Å². The highest BCUT2D eigenvalue weighted by molar-refractivity contribution is 7.07. The van der Waals surface area contributed by atoms with Crippen molar-refractivity contribution in [1.29, 1.82) is 0 Å². The molecule has 0 bridgehead atoms. The highest BCUT2D eigenvalue weighted by Crippen LogP contribution is 2.24. The second-order valence-electron chi connectivity index (χ2n) is 4.23. The Balaban J connectivity index is 0.000000258. The molecule has 1 aliphatic heterocycles. The van der Waals surface area contributed by atoms with Crippen LogP contribution >= 0.6 is 11.3 Å². The molecule has 104 valence electrons. The standard InChI is InChI=1S/C10H13NOS.C2H2O4/c1-7-4-9(12)5-10(11-7)8-2-3-13-6-8;3-1(4)2(5)6/h2-3,6-7,10-11H,4-5H2,1H3;(H,3,4)(H,5,6)/t7-,10-;/m1./s1. The Labute approximate surface area is 114 Å². The molecule has 0 saturated carbocycles.